The average molecular weight is 296 g/mol. The average Bonchev–Trinajstić information content (AvgIpc) is 2.45. The Bertz CT molecular complexity index is 325. The largest absolute Gasteiger partial charge is 0.481 e. The summed E-state index contributed by atoms with van der Waals surface area (Å²) in [6.45, 7) is 9.72. The molecule has 0 aromatic heterocycles. The summed E-state index contributed by atoms with van der Waals surface area (Å²) >= 11 is 0. The Balaban J connectivity index is 1.72. The number of piperazine rings is 1. The maximum atomic E-state index is 10.6. The smallest absolute Gasteiger partial charge is 0.304 e. The highest BCUT2D eigenvalue weighted by Crippen LogP contribution is 2.32. The second-order valence-corrected chi connectivity index (χ2v) is 7.34. The summed E-state index contributed by atoms with van der Waals surface area (Å²) in [6, 6.07) is 0.782. The minimum Gasteiger partial charge on any atom is -0.481 e. The molecule has 0 aromatic rings. The van der Waals surface area contributed by atoms with E-state index >= 15 is 0 Å². The van der Waals surface area contributed by atoms with E-state index in [9.17, 15) is 4.79 Å². The van der Waals surface area contributed by atoms with Gasteiger partial charge in [-0.3, -0.25) is 9.69 Å². The molecule has 2 fully saturated rings. The Hall–Kier alpha value is -0.610. The molecule has 0 bridgehead atoms. The van der Waals surface area contributed by atoms with E-state index in [1.807, 2.05) is 0 Å². The lowest BCUT2D eigenvalue weighted by molar-refractivity contribution is -0.137. The quantitative estimate of drug-likeness (QED) is 0.818. The van der Waals surface area contributed by atoms with Crippen molar-refractivity contribution >= 4 is 5.97 Å². The van der Waals surface area contributed by atoms with Gasteiger partial charge in [0, 0.05) is 38.8 Å². The van der Waals surface area contributed by atoms with Gasteiger partial charge in [-0.1, -0.05) is 26.7 Å². The van der Waals surface area contributed by atoms with Crippen molar-refractivity contribution in [2.75, 3.05) is 32.7 Å². The van der Waals surface area contributed by atoms with Crippen molar-refractivity contribution in [3.8, 4) is 0 Å². The molecular formula is C17H32N2O2. The molecule has 1 saturated heterocycles. The molecule has 4 nitrogen and oxygen atoms in total. The molecule has 1 N–H and O–H groups in total. The first-order valence-electron chi connectivity index (χ1n) is 8.72. The fraction of sp³-hybridized carbons (Fsp3) is 0.941. The zero-order valence-electron chi connectivity index (χ0n) is 13.8. The van der Waals surface area contributed by atoms with Gasteiger partial charge < -0.3 is 10.0 Å². The van der Waals surface area contributed by atoms with Gasteiger partial charge in [0.05, 0.1) is 6.42 Å². The van der Waals surface area contributed by atoms with Gasteiger partial charge in [0.25, 0.3) is 0 Å². The van der Waals surface area contributed by atoms with Crippen LogP contribution in [-0.4, -0.2) is 59.6 Å². The van der Waals surface area contributed by atoms with Crippen molar-refractivity contribution in [1.82, 2.24) is 9.80 Å². The normalized spacial score (nSPS) is 28.9. The van der Waals surface area contributed by atoms with Crippen LogP contribution < -0.4 is 0 Å². The molecule has 2 rings (SSSR count). The number of carboxylic acids is 1. The van der Waals surface area contributed by atoms with Gasteiger partial charge in [0.1, 0.15) is 0 Å². The van der Waals surface area contributed by atoms with E-state index in [1.165, 1.54) is 32.1 Å². The monoisotopic (exact) mass is 296 g/mol. The van der Waals surface area contributed by atoms with Crippen LogP contribution in [0.4, 0.5) is 0 Å². The topological polar surface area (TPSA) is 43.8 Å². The lowest BCUT2D eigenvalue weighted by atomic mass is 9.80. The van der Waals surface area contributed by atoms with Crippen molar-refractivity contribution in [3.63, 3.8) is 0 Å². The highest BCUT2D eigenvalue weighted by atomic mass is 16.4. The predicted molar refractivity (Wildman–Crippen MR) is 85.5 cm³/mol. The van der Waals surface area contributed by atoms with Crippen molar-refractivity contribution in [2.24, 2.45) is 11.8 Å². The molecule has 4 heteroatoms. The first-order valence-corrected chi connectivity index (χ1v) is 8.72. The second kappa shape index (κ2) is 8.14. The Kier molecular flexibility index (Phi) is 6.49. The number of carbonyl (C=O) groups is 1. The standard InChI is InChI=1S/C17H32N2O2/c1-14(2)12-15-4-3-5-16(13-15)19-10-8-18(9-11-19)7-6-17(20)21/h14-16H,3-13H2,1-2H3,(H,20,21). The van der Waals surface area contributed by atoms with Gasteiger partial charge in [-0.05, 0) is 31.1 Å². The van der Waals surface area contributed by atoms with Crippen molar-refractivity contribution in [1.29, 1.82) is 0 Å². The summed E-state index contributed by atoms with van der Waals surface area (Å²) in [5.74, 6) is 1.07. The fourth-order valence-corrected chi connectivity index (χ4v) is 4.08. The molecule has 1 aliphatic carbocycles. The Labute approximate surface area is 129 Å². The van der Waals surface area contributed by atoms with Crippen LogP contribution in [0.25, 0.3) is 0 Å². The Morgan fingerprint density at radius 2 is 1.90 bits per heavy atom. The van der Waals surface area contributed by atoms with Crippen molar-refractivity contribution in [2.45, 2.75) is 58.4 Å². The van der Waals surface area contributed by atoms with Crippen LogP contribution in [0.3, 0.4) is 0 Å². The zero-order valence-corrected chi connectivity index (χ0v) is 13.8. The first-order chi connectivity index (χ1) is 10.0. The van der Waals surface area contributed by atoms with Crippen LogP contribution >= 0.6 is 0 Å². The summed E-state index contributed by atoms with van der Waals surface area (Å²) in [5, 5.41) is 8.76. The number of nitrogens with zero attached hydrogens (tertiary/aromatic N) is 2. The number of carboxylic acid groups (broad SMARTS) is 1. The molecule has 2 atom stereocenters. The van der Waals surface area contributed by atoms with Gasteiger partial charge in [0.15, 0.2) is 0 Å². The van der Waals surface area contributed by atoms with Gasteiger partial charge in [0.2, 0.25) is 0 Å². The lowest BCUT2D eigenvalue weighted by Crippen LogP contribution is -2.51. The molecule has 122 valence electrons. The molecule has 0 radical (unpaired) electrons. The van der Waals surface area contributed by atoms with E-state index in [0.717, 1.165) is 44.1 Å². The number of hydrogen-bond acceptors (Lipinski definition) is 3. The first kappa shape index (κ1) is 16.8. The molecule has 0 amide bonds. The van der Waals surface area contributed by atoms with Gasteiger partial charge in [-0.15, -0.1) is 0 Å². The van der Waals surface area contributed by atoms with Crippen LogP contribution in [0.2, 0.25) is 0 Å². The van der Waals surface area contributed by atoms with Gasteiger partial charge in [-0.2, -0.15) is 0 Å². The van der Waals surface area contributed by atoms with Crippen molar-refractivity contribution in [3.05, 3.63) is 0 Å². The van der Waals surface area contributed by atoms with Crippen LogP contribution in [-0.2, 0) is 4.79 Å². The highest BCUT2D eigenvalue weighted by Gasteiger charge is 2.29. The van der Waals surface area contributed by atoms with Gasteiger partial charge >= 0.3 is 5.97 Å². The molecule has 2 unspecified atom stereocenters. The van der Waals surface area contributed by atoms with E-state index in [2.05, 4.69) is 23.6 Å². The van der Waals surface area contributed by atoms with E-state index in [4.69, 9.17) is 5.11 Å². The summed E-state index contributed by atoms with van der Waals surface area (Å²) < 4.78 is 0. The molecule has 0 aromatic carbocycles. The van der Waals surface area contributed by atoms with Crippen LogP contribution in [0, 0.1) is 11.8 Å². The molecule has 1 aliphatic heterocycles. The highest BCUT2D eigenvalue weighted by molar-refractivity contribution is 5.66. The number of rotatable bonds is 6. The number of hydrogen-bond donors (Lipinski definition) is 1. The molecule has 1 saturated carbocycles. The third-order valence-corrected chi connectivity index (χ3v) is 5.13. The minimum absolute atomic E-state index is 0.278. The Morgan fingerprint density at radius 1 is 1.19 bits per heavy atom. The Morgan fingerprint density at radius 3 is 2.52 bits per heavy atom. The summed E-state index contributed by atoms with van der Waals surface area (Å²) in [5.41, 5.74) is 0. The molecule has 2 aliphatic rings. The number of aliphatic carboxylic acids is 1. The van der Waals surface area contributed by atoms with Crippen LogP contribution in [0.5, 0.6) is 0 Å². The molecule has 21 heavy (non-hydrogen) atoms. The van der Waals surface area contributed by atoms with Crippen LogP contribution in [0.15, 0.2) is 0 Å². The second-order valence-electron chi connectivity index (χ2n) is 7.34. The summed E-state index contributed by atoms with van der Waals surface area (Å²) in [7, 11) is 0. The molecule has 0 spiro atoms. The summed E-state index contributed by atoms with van der Waals surface area (Å²) in [4.78, 5) is 15.6. The SMILES string of the molecule is CC(C)CC1CCCC(N2CCN(CCC(=O)O)CC2)C1. The lowest BCUT2D eigenvalue weighted by Gasteiger charge is -2.42. The van der Waals surface area contributed by atoms with Gasteiger partial charge in [-0.25, -0.2) is 0 Å². The molecule has 1 heterocycles. The van der Waals surface area contributed by atoms with Crippen molar-refractivity contribution < 1.29 is 9.90 Å². The maximum absolute atomic E-state index is 10.6. The molecular weight excluding hydrogens is 264 g/mol. The summed E-state index contributed by atoms with van der Waals surface area (Å²) in [6.07, 6.45) is 7.22. The van der Waals surface area contributed by atoms with Crippen LogP contribution in [0.1, 0.15) is 52.4 Å². The van der Waals surface area contributed by atoms with E-state index in [-0.39, 0.29) is 6.42 Å². The third kappa shape index (κ3) is 5.59. The predicted octanol–water partition coefficient (Wildman–Crippen LogP) is 2.68. The zero-order chi connectivity index (χ0) is 15.2. The fourth-order valence-electron chi connectivity index (χ4n) is 4.08. The maximum Gasteiger partial charge on any atom is 0.304 e. The van der Waals surface area contributed by atoms with E-state index in [1.54, 1.807) is 0 Å². The third-order valence-electron chi connectivity index (χ3n) is 5.13. The minimum atomic E-state index is -0.679. The van der Waals surface area contributed by atoms with E-state index in [0.29, 0.717) is 6.54 Å². The van der Waals surface area contributed by atoms with E-state index < -0.39 is 5.97 Å².